The first-order chi connectivity index (χ1) is 11.9. The van der Waals surface area contributed by atoms with Gasteiger partial charge in [-0.2, -0.15) is 0 Å². The van der Waals surface area contributed by atoms with Gasteiger partial charge >= 0.3 is 7.60 Å². The number of aromatic nitrogens is 4. The second-order valence-electron chi connectivity index (χ2n) is 5.97. The van der Waals surface area contributed by atoms with Crippen LogP contribution < -0.4 is 5.73 Å². The number of hydrogen-bond donors (Lipinski definition) is 2. The standard InChI is InChI=1S/C15H26N5O4P/c1-3-4-5-6-7-24-25(21,22)11-23-12(2)8-20-10-19-13-14(16)17-9-18-15(13)20/h9-10,12H,3-8,11H2,1-2H3,(H,21,22)(H2,16,17,18)/t12-/m1/s1. The molecule has 9 nitrogen and oxygen atoms in total. The number of nitrogens with zero attached hydrogens (tertiary/aromatic N) is 4. The first kappa shape index (κ1) is 19.8. The molecular formula is C15H26N5O4P. The lowest BCUT2D eigenvalue weighted by molar-refractivity contribution is 0.0715. The van der Waals surface area contributed by atoms with E-state index in [9.17, 15) is 9.46 Å². The van der Waals surface area contributed by atoms with Gasteiger partial charge in [0.1, 0.15) is 18.2 Å². The second-order valence-corrected chi connectivity index (χ2v) is 7.76. The van der Waals surface area contributed by atoms with Gasteiger partial charge in [-0.15, -0.1) is 0 Å². The summed E-state index contributed by atoms with van der Waals surface area (Å²) in [6.45, 7) is 4.60. The molecule has 0 spiro atoms. The predicted molar refractivity (Wildman–Crippen MR) is 95.1 cm³/mol. The maximum atomic E-state index is 12.0. The molecule has 0 aromatic carbocycles. The number of hydrogen-bond acceptors (Lipinski definition) is 7. The quantitative estimate of drug-likeness (QED) is 0.456. The van der Waals surface area contributed by atoms with Gasteiger partial charge in [-0.3, -0.25) is 4.57 Å². The van der Waals surface area contributed by atoms with E-state index in [1.807, 2.05) is 0 Å². The first-order valence-electron chi connectivity index (χ1n) is 8.42. The van der Waals surface area contributed by atoms with Crippen molar-refractivity contribution in [1.82, 2.24) is 19.5 Å². The number of nitrogens with two attached hydrogens (primary N) is 1. The van der Waals surface area contributed by atoms with E-state index in [0.717, 1.165) is 25.7 Å². The molecule has 1 unspecified atom stereocenters. The van der Waals surface area contributed by atoms with Gasteiger partial charge in [0.25, 0.3) is 0 Å². The molecule has 10 heteroatoms. The van der Waals surface area contributed by atoms with Crippen molar-refractivity contribution in [1.29, 1.82) is 0 Å². The fourth-order valence-electron chi connectivity index (χ4n) is 2.36. The van der Waals surface area contributed by atoms with Crippen molar-refractivity contribution >= 4 is 24.6 Å². The summed E-state index contributed by atoms with van der Waals surface area (Å²) in [6, 6.07) is 0. The van der Waals surface area contributed by atoms with Crippen LogP contribution in [0.4, 0.5) is 5.82 Å². The third kappa shape index (κ3) is 6.04. The maximum Gasteiger partial charge on any atom is 0.353 e. The monoisotopic (exact) mass is 371 g/mol. The zero-order chi connectivity index (χ0) is 18.3. The Morgan fingerprint density at radius 1 is 1.32 bits per heavy atom. The number of ether oxygens (including phenoxy) is 1. The molecule has 3 N–H and O–H groups in total. The van der Waals surface area contributed by atoms with Crippen molar-refractivity contribution in [3.05, 3.63) is 12.7 Å². The van der Waals surface area contributed by atoms with Crippen LogP contribution in [0.3, 0.4) is 0 Å². The zero-order valence-electron chi connectivity index (χ0n) is 14.7. The van der Waals surface area contributed by atoms with Gasteiger partial charge in [0.05, 0.1) is 25.6 Å². The minimum Gasteiger partial charge on any atom is -0.382 e. The van der Waals surface area contributed by atoms with Crippen LogP contribution >= 0.6 is 7.60 Å². The third-order valence-electron chi connectivity index (χ3n) is 3.70. The van der Waals surface area contributed by atoms with E-state index in [-0.39, 0.29) is 19.1 Å². The Kier molecular flexibility index (Phi) is 7.31. The predicted octanol–water partition coefficient (Wildman–Crippen LogP) is 2.55. The zero-order valence-corrected chi connectivity index (χ0v) is 15.6. The fourth-order valence-corrected chi connectivity index (χ4v) is 3.29. The maximum absolute atomic E-state index is 12.0. The highest BCUT2D eigenvalue weighted by molar-refractivity contribution is 7.52. The number of unbranched alkanes of at least 4 members (excludes halogenated alkanes) is 3. The van der Waals surface area contributed by atoms with Crippen LogP contribution in [0, 0.1) is 0 Å². The summed E-state index contributed by atoms with van der Waals surface area (Å²) in [5, 5.41) is 0. The van der Waals surface area contributed by atoms with Crippen molar-refractivity contribution in [3.63, 3.8) is 0 Å². The highest BCUT2D eigenvalue weighted by Crippen LogP contribution is 2.42. The van der Waals surface area contributed by atoms with Crippen LogP contribution in [0.5, 0.6) is 0 Å². The Balaban J connectivity index is 1.80. The van der Waals surface area contributed by atoms with Crippen LogP contribution in [0.2, 0.25) is 0 Å². The Hall–Kier alpha value is -1.54. The summed E-state index contributed by atoms with van der Waals surface area (Å²) < 4.78 is 24.3. The SMILES string of the molecule is CCCCCCOP(=O)(O)CO[C@H](C)Cn1cnc2c(N)ncnc21. The van der Waals surface area contributed by atoms with E-state index in [4.69, 9.17) is 15.0 Å². The molecule has 0 radical (unpaired) electrons. The van der Waals surface area contributed by atoms with E-state index < -0.39 is 7.60 Å². The number of anilines is 1. The molecular weight excluding hydrogens is 345 g/mol. The van der Waals surface area contributed by atoms with Crippen molar-refractivity contribution < 1.29 is 18.7 Å². The summed E-state index contributed by atoms with van der Waals surface area (Å²) in [7, 11) is -3.73. The van der Waals surface area contributed by atoms with Crippen LogP contribution in [0.15, 0.2) is 12.7 Å². The molecule has 0 saturated carbocycles. The normalized spacial score (nSPS) is 15.3. The molecule has 0 aliphatic carbocycles. The number of rotatable bonds is 11. The molecule has 0 fully saturated rings. The minimum absolute atomic E-state index is 0.272. The van der Waals surface area contributed by atoms with E-state index in [1.165, 1.54) is 6.33 Å². The molecule has 0 saturated heterocycles. The summed E-state index contributed by atoms with van der Waals surface area (Å²) in [5.41, 5.74) is 6.87. The number of imidazole rings is 1. The lowest BCUT2D eigenvalue weighted by Gasteiger charge is -2.17. The topological polar surface area (TPSA) is 125 Å². The lowest BCUT2D eigenvalue weighted by atomic mass is 10.2. The summed E-state index contributed by atoms with van der Waals surface area (Å²) in [4.78, 5) is 22.0. The van der Waals surface area contributed by atoms with Gasteiger partial charge in [0, 0.05) is 0 Å². The Morgan fingerprint density at radius 3 is 2.88 bits per heavy atom. The Morgan fingerprint density at radius 2 is 2.12 bits per heavy atom. The molecule has 25 heavy (non-hydrogen) atoms. The molecule has 2 rings (SSSR count). The molecule has 2 aromatic rings. The number of fused-ring (bicyclic) bond motifs is 1. The average Bonchev–Trinajstić information content (AvgIpc) is 2.97. The van der Waals surface area contributed by atoms with Crippen molar-refractivity contribution in [3.8, 4) is 0 Å². The van der Waals surface area contributed by atoms with Gasteiger partial charge in [0.15, 0.2) is 11.5 Å². The van der Waals surface area contributed by atoms with Gasteiger partial charge in [-0.05, 0) is 13.3 Å². The van der Waals surface area contributed by atoms with Gasteiger partial charge in [0.2, 0.25) is 0 Å². The average molecular weight is 371 g/mol. The molecule has 0 aliphatic heterocycles. The molecule has 2 heterocycles. The van der Waals surface area contributed by atoms with E-state index in [2.05, 4.69) is 21.9 Å². The molecule has 2 atom stereocenters. The largest absolute Gasteiger partial charge is 0.382 e. The van der Waals surface area contributed by atoms with Gasteiger partial charge in [-0.1, -0.05) is 26.2 Å². The molecule has 2 aromatic heterocycles. The molecule has 140 valence electrons. The molecule has 0 bridgehead atoms. The Labute approximate surface area is 147 Å². The second kappa shape index (κ2) is 9.24. The first-order valence-corrected chi connectivity index (χ1v) is 10.2. The van der Waals surface area contributed by atoms with Crippen LogP contribution in [0.1, 0.15) is 39.5 Å². The van der Waals surface area contributed by atoms with Crippen molar-refractivity contribution in [2.45, 2.75) is 52.2 Å². The van der Waals surface area contributed by atoms with Gasteiger partial charge < -0.3 is 24.5 Å². The smallest absolute Gasteiger partial charge is 0.353 e. The van der Waals surface area contributed by atoms with Crippen molar-refractivity contribution in [2.24, 2.45) is 0 Å². The third-order valence-corrected chi connectivity index (χ3v) is 4.76. The van der Waals surface area contributed by atoms with E-state index >= 15 is 0 Å². The summed E-state index contributed by atoms with van der Waals surface area (Å²) in [6.07, 6.45) is 6.27. The highest BCUT2D eigenvalue weighted by atomic mass is 31.2. The lowest BCUT2D eigenvalue weighted by Crippen LogP contribution is -2.17. The summed E-state index contributed by atoms with van der Waals surface area (Å²) >= 11 is 0. The minimum atomic E-state index is -3.73. The fraction of sp³-hybridized carbons (Fsp3) is 0.667. The highest BCUT2D eigenvalue weighted by Gasteiger charge is 2.21. The van der Waals surface area contributed by atoms with Crippen LogP contribution in [-0.4, -0.2) is 43.5 Å². The van der Waals surface area contributed by atoms with Gasteiger partial charge in [-0.25, -0.2) is 15.0 Å². The molecule has 0 amide bonds. The van der Waals surface area contributed by atoms with Crippen LogP contribution in [0.25, 0.3) is 11.2 Å². The Bertz CT molecular complexity index is 723. The van der Waals surface area contributed by atoms with Crippen LogP contribution in [-0.2, 0) is 20.4 Å². The summed E-state index contributed by atoms with van der Waals surface area (Å²) in [5.74, 6) is 0.314. The molecule has 0 aliphatic rings. The van der Waals surface area contributed by atoms with E-state index in [1.54, 1.807) is 17.8 Å². The number of nitrogen functional groups attached to an aromatic ring is 1. The van der Waals surface area contributed by atoms with E-state index in [0.29, 0.717) is 23.5 Å². The van der Waals surface area contributed by atoms with Crippen molar-refractivity contribution in [2.75, 3.05) is 18.7 Å².